The van der Waals surface area contributed by atoms with Gasteiger partial charge in [-0.25, -0.2) is 4.79 Å². The van der Waals surface area contributed by atoms with E-state index in [2.05, 4.69) is 4.74 Å². The fourth-order valence-electron chi connectivity index (χ4n) is 2.40. The lowest BCUT2D eigenvalue weighted by atomic mass is 9.92. The Balaban J connectivity index is 2.66. The van der Waals surface area contributed by atoms with Crippen molar-refractivity contribution in [3.05, 3.63) is 0 Å². The number of amides is 2. The summed E-state index contributed by atoms with van der Waals surface area (Å²) >= 11 is 0. The molecular formula is C13H22N2O5. The Morgan fingerprint density at radius 1 is 1.40 bits per heavy atom. The zero-order chi connectivity index (χ0) is 15.3. The molecule has 0 spiro atoms. The maximum Gasteiger partial charge on any atom is 0.325 e. The fraction of sp³-hybridized carbons (Fsp3) is 0.769. The number of carbonyl (C=O) groups excluding carboxylic acids is 2. The molecule has 1 aliphatic rings. The molecular weight excluding hydrogens is 264 g/mol. The Morgan fingerprint density at radius 2 is 2.05 bits per heavy atom. The molecule has 2 atom stereocenters. The first-order valence-corrected chi connectivity index (χ1v) is 6.75. The first-order chi connectivity index (χ1) is 9.40. The van der Waals surface area contributed by atoms with Gasteiger partial charge in [-0.05, 0) is 26.7 Å². The molecule has 2 unspecified atom stereocenters. The average Bonchev–Trinajstić information content (AvgIpc) is 2.43. The quantitative estimate of drug-likeness (QED) is 0.772. The number of likely N-dealkylation sites (N-methyl/N-ethyl adjacent to an activating group) is 1. The van der Waals surface area contributed by atoms with Crippen molar-refractivity contribution in [2.75, 3.05) is 26.7 Å². The van der Waals surface area contributed by atoms with E-state index < -0.39 is 17.9 Å². The van der Waals surface area contributed by atoms with Gasteiger partial charge in [0.25, 0.3) is 0 Å². The van der Waals surface area contributed by atoms with Gasteiger partial charge in [-0.2, -0.15) is 0 Å². The van der Waals surface area contributed by atoms with E-state index in [1.54, 1.807) is 11.8 Å². The van der Waals surface area contributed by atoms with Crippen LogP contribution < -0.4 is 0 Å². The van der Waals surface area contributed by atoms with Gasteiger partial charge in [0, 0.05) is 19.1 Å². The van der Waals surface area contributed by atoms with Gasteiger partial charge >= 0.3 is 18.0 Å². The highest BCUT2D eigenvalue weighted by atomic mass is 16.5. The molecule has 7 heteroatoms. The average molecular weight is 286 g/mol. The minimum atomic E-state index is -0.814. The molecule has 0 aromatic carbocycles. The summed E-state index contributed by atoms with van der Waals surface area (Å²) in [5.74, 6) is -1.68. The van der Waals surface area contributed by atoms with E-state index in [1.165, 1.54) is 12.0 Å². The molecule has 0 radical (unpaired) electrons. The van der Waals surface area contributed by atoms with Gasteiger partial charge in [0.15, 0.2) is 0 Å². The van der Waals surface area contributed by atoms with Crippen molar-refractivity contribution in [2.24, 2.45) is 5.92 Å². The van der Waals surface area contributed by atoms with Crippen LogP contribution in [-0.4, -0.2) is 65.7 Å². The Morgan fingerprint density at radius 3 is 2.50 bits per heavy atom. The highest BCUT2D eigenvalue weighted by Gasteiger charge is 2.34. The first-order valence-electron chi connectivity index (χ1n) is 6.75. The van der Waals surface area contributed by atoms with Crippen LogP contribution in [0.4, 0.5) is 4.79 Å². The maximum absolute atomic E-state index is 12.4. The smallest absolute Gasteiger partial charge is 0.325 e. The van der Waals surface area contributed by atoms with Gasteiger partial charge < -0.3 is 19.6 Å². The molecule has 20 heavy (non-hydrogen) atoms. The summed E-state index contributed by atoms with van der Waals surface area (Å²) in [6.45, 7) is 4.33. The molecule has 114 valence electrons. The second-order valence-electron chi connectivity index (χ2n) is 4.97. The molecule has 0 aliphatic carbocycles. The Hall–Kier alpha value is -1.79. The number of likely N-dealkylation sites (tertiary alicyclic amines) is 1. The zero-order valence-electron chi connectivity index (χ0n) is 12.2. The highest BCUT2D eigenvalue weighted by molar-refractivity contribution is 5.81. The van der Waals surface area contributed by atoms with Crippen molar-refractivity contribution >= 4 is 18.0 Å². The van der Waals surface area contributed by atoms with Crippen molar-refractivity contribution in [2.45, 2.75) is 32.7 Å². The lowest BCUT2D eigenvalue weighted by molar-refractivity contribution is -0.143. The number of urea groups is 1. The molecule has 0 aromatic rings. The summed E-state index contributed by atoms with van der Waals surface area (Å²) in [6, 6.07) is -0.390. The third-order valence-corrected chi connectivity index (χ3v) is 3.67. The number of rotatable bonds is 4. The molecule has 0 aromatic heterocycles. The molecule has 1 heterocycles. The fourth-order valence-corrected chi connectivity index (χ4v) is 2.40. The van der Waals surface area contributed by atoms with Gasteiger partial charge in [0.2, 0.25) is 0 Å². The summed E-state index contributed by atoms with van der Waals surface area (Å²) in [5.41, 5.74) is 0. The Labute approximate surface area is 118 Å². The standard InChI is InChI=1S/C13H22N2O5/c1-4-14(8-11(16)20-3)13(19)15-6-5-10(12(17)18)7-9(15)2/h9-10H,4-8H2,1-3H3,(H,17,18). The largest absolute Gasteiger partial charge is 0.481 e. The third kappa shape index (κ3) is 3.85. The van der Waals surface area contributed by atoms with Crippen molar-refractivity contribution in [1.82, 2.24) is 9.80 Å². The number of hydrogen-bond acceptors (Lipinski definition) is 4. The monoisotopic (exact) mass is 286 g/mol. The molecule has 1 saturated heterocycles. The number of esters is 1. The minimum Gasteiger partial charge on any atom is -0.481 e. The van der Waals surface area contributed by atoms with Gasteiger partial charge in [-0.15, -0.1) is 0 Å². The van der Waals surface area contributed by atoms with Crippen LogP contribution in [0.25, 0.3) is 0 Å². The number of carbonyl (C=O) groups is 3. The van der Waals surface area contributed by atoms with Crippen LogP contribution in [0.5, 0.6) is 0 Å². The molecule has 1 fully saturated rings. The topological polar surface area (TPSA) is 87.2 Å². The van der Waals surface area contributed by atoms with Crippen LogP contribution >= 0.6 is 0 Å². The van der Waals surface area contributed by atoms with E-state index in [0.29, 0.717) is 25.9 Å². The van der Waals surface area contributed by atoms with E-state index in [0.717, 1.165) is 0 Å². The molecule has 0 bridgehead atoms. The molecule has 2 amide bonds. The Bertz CT molecular complexity index is 385. The van der Waals surface area contributed by atoms with Gasteiger partial charge in [-0.3, -0.25) is 9.59 Å². The van der Waals surface area contributed by atoms with Crippen LogP contribution in [0.3, 0.4) is 0 Å². The number of ether oxygens (including phenoxy) is 1. The predicted octanol–water partition coefficient (Wildman–Crippen LogP) is 0.786. The number of carboxylic acid groups (broad SMARTS) is 1. The summed E-state index contributed by atoms with van der Waals surface area (Å²) in [7, 11) is 1.28. The SMILES string of the molecule is CCN(CC(=O)OC)C(=O)N1CCC(C(=O)O)CC1C. The van der Waals surface area contributed by atoms with Crippen LogP contribution in [0.15, 0.2) is 0 Å². The van der Waals surface area contributed by atoms with Crippen molar-refractivity contribution in [1.29, 1.82) is 0 Å². The normalized spacial score (nSPS) is 22.2. The van der Waals surface area contributed by atoms with Gasteiger partial charge in [0.1, 0.15) is 6.54 Å². The predicted molar refractivity (Wildman–Crippen MR) is 71.2 cm³/mol. The number of aliphatic carboxylic acids is 1. The maximum atomic E-state index is 12.4. The molecule has 1 N–H and O–H groups in total. The van der Waals surface area contributed by atoms with E-state index in [1.807, 2.05) is 6.92 Å². The number of hydrogen-bond donors (Lipinski definition) is 1. The molecule has 7 nitrogen and oxygen atoms in total. The van der Waals surface area contributed by atoms with Crippen LogP contribution in [0, 0.1) is 5.92 Å². The lowest BCUT2D eigenvalue weighted by Crippen LogP contribution is -2.52. The number of nitrogens with zero attached hydrogens (tertiary/aromatic N) is 2. The second-order valence-corrected chi connectivity index (χ2v) is 4.97. The zero-order valence-corrected chi connectivity index (χ0v) is 12.2. The van der Waals surface area contributed by atoms with E-state index in [-0.39, 0.29) is 18.6 Å². The van der Waals surface area contributed by atoms with Crippen LogP contribution in [-0.2, 0) is 14.3 Å². The van der Waals surface area contributed by atoms with E-state index in [9.17, 15) is 14.4 Å². The summed E-state index contributed by atoms with van der Waals surface area (Å²) in [6.07, 6.45) is 0.887. The number of methoxy groups -OCH3 is 1. The lowest BCUT2D eigenvalue weighted by Gasteiger charge is -2.38. The van der Waals surface area contributed by atoms with Crippen molar-refractivity contribution in [3.8, 4) is 0 Å². The highest BCUT2D eigenvalue weighted by Crippen LogP contribution is 2.24. The molecule has 0 saturated carbocycles. The van der Waals surface area contributed by atoms with Gasteiger partial charge in [-0.1, -0.05) is 0 Å². The minimum absolute atomic E-state index is 0.0859. The van der Waals surface area contributed by atoms with Crippen LogP contribution in [0.1, 0.15) is 26.7 Å². The van der Waals surface area contributed by atoms with Crippen molar-refractivity contribution < 1.29 is 24.2 Å². The van der Waals surface area contributed by atoms with Crippen molar-refractivity contribution in [3.63, 3.8) is 0 Å². The summed E-state index contributed by atoms with van der Waals surface area (Å²) in [5, 5.41) is 9.01. The van der Waals surface area contributed by atoms with E-state index >= 15 is 0 Å². The first kappa shape index (κ1) is 16.3. The Kier molecular flexibility index (Phi) is 5.79. The number of carboxylic acids is 1. The molecule has 1 aliphatic heterocycles. The van der Waals surface area contributed by atoms with Crippen LogP contribution in [0.2, 0.25) is 0 Å². The number of piperidine rings is 1. The van der Waals surface area contributed by atoms with Gasteiger partial charge in [0.05, 0.1) is 13.0 Å². The second kappa shape index (κ2) is 7.12. The summed E-state index contributed by atoms with van der Waals surface area (Å²) < 4.78 is 4.57. The van der Waals surface area contributed by atoms with E-state index in [4.69, 9.17) is 5.11 Å². The summed E-state index contributed by atoms with van der Waals surface area (Å²) in [4.78, 5) is 37.7. The molecule has 1 rings (SSSR count). The third-order valence-electron chi connectivity index (χ3n) is 3.67.